The van der Waals surface area contributed by atoms with Gasteiger partial charge in [0.05, 0.1) is 6.61 Å². The van der Waals surface area contributed by atoms with Crippen LogP contribution in [0.4, 0.5) is 0 Å². The standard InChI is InChI=1S/C19H20BrNO2/c1-23-12-14-4-2-13(3-5-14)11-21-19(22)18-10-17(18)15-6-8-16(20)9-7-15/h2-9,17-18H,10-12H2,1H3,(H,21,22). The predicted molar refractivity (Wildman–Crippen MR) is 94.0 cm³/mol. The number of amides is 1. The number of benzene rings is 2. The molecule has 1 N–H and O–H groups in total. The quantitative estimate of drug-likeness (QED) is 0.830. The van der Waals surface area contributed by atoms with Gasteiger partial charge in [-0.15, -0.1) is 0 Å². The van der Waals surface area contributed by atoms with Crippen LogP contribution in [0.1, 0.15) is 29.0 Å². The second kappa shape index (κ2) is 7.28. The van der Waals surface area contributed by atoms with E-state index in [1.165, 1.54) is 5.56 Å². The minimum atomic E-state index is 0.115. The lowest BCUT2D eigenvalue weighted by atomic mass is 10.1. The third kappa shape index (κ3) is 4.21. The third-order valence-corrected chi connectivity index (χ3v) is 4.75. The molecule has 0 saturated heterocycles. The molecule has 23 heavy (non-hydrogen) atoms. The average molecular weight is 374 g/mol. The Morgan fingerprint density at radius 1 is 1.13 bits per heavy atom. The monoisotopic (exact) mass is 373 g/mol. The summed E-state index contributed by atoms with van der Waals surface area (Å²) in [6.45, 7) is 1.19. The molecule has 3 nitrogen and oxygen atoms in total. The van der Waals surface area contributed by atoms with Gasteiger partial charge in [0.25, 0.3) is 0 Å². The number of carbonyl (C=O) groups excluding carboxylic acids is 1. The van der Waals surface area contributed by atoms with Gasteiger partial charge >= 0.3 is 0 Å². The number of methoxy groups -OCH3 is 1. The zero-order chi connectivity index (χ0) is 16.2. The van der Waals surface area contributed by atoms with E-state index in [1.54, 1.807) is 7.11 Å². The molecule has 1 amide bonds. The molecule has 1 aliphatic rings. The maximum atomic E-state index is 12.3. The molecule has 4 heteroatoms. The van der Waals surface area contributed by atoms with Crippen molar-refractivity contribution < 1.29 is 9.53 Å². The summed E-state index contributed by atoms with van der Waals surface area (Å²) in [6.07, 6.45) is 0.945. The fourth-order valence-corrected chi connectivity index (χ4v) is 3.07. The topological polar surface area (TPSA) is 38.3 Å². The molecule has 120 valence electrons. The van der Waals surface area contributed by atoms with Gasteiger partial charge in [-0.3, -0.25) is 4.79 Å². The molecule has 0 aromatic heterocycles. The van der Waals surface area contributed by atoms with Crippen molar-refractivity contribution in [2.75, 3.05) is 7.11 Å². The highest BCUT2D eigenvalue weighted by atomic mass is 79.9. The van der Waals surface area contributed by atoms with E-state index in [-0.39, 0.29) is 11.8 Å². The Kier molecular flexibility index (Phi) is 5.13. The highest BCUT2D eigenvalue weighted by Crippen LogP contribution is 2.47. The number of nitrogens with one attached hydrogen (secondary N) is 1. The first-order valence-corrected chi connectivity index (χ1v) is 8.56. The largest absolute Gasteiger partial charge is 0.380 e. The van der Waals surface area contributed by atoms with E-state index in [1.807, 2.05) is 36.4 Å². The minimum Gasteiger partial charge on any atom is -0.380 e. The van der Waals surface area contributed by atoms with Gasteiger partial charge in [0.15, 0.2) is 0 Å². The van der Waals surface area contributed by atoms with Crippen LogP contribution in [0.15, 0.2) is 53.0 Å². The van der Waals surface area contributed by atoms with Crippen LogP contribution in [0.3, 0.4) is 0 Å². The van der Waals surface area contributed by atoms with Gasteiger partial charge in [-0.1, -0.05) is 52.3 Å². The summed E-state index contributed by atoms with van der Waals surface area (Å²) in [6, 6.07) is 16.4. The van der Waals surface area contributed by atoms with Gasteiger partial charge in [-0.05, 0) is 41.2 Å². The first-order valence-electron chi connectivity index (χ1n) is 7.77. The van der Waals surface area contributed by atoms with Gasteiger partial charge in [0, 0.05) is 24.0 Å². The summed E-state index contributed by atoms with van der Waals surface area (Å²) in [5.41, 5.74) is 3.50. The fraction of sp³-hybridized carbons (Fsp3) is 0.316. The Morgan fingerprint density at radius 3 is 2.43 bits per heavy atom. The minimum absolute atomic E-state index is 0.115. The van der Waals surface area contributed by atoms with Crippen LogP contribution >= 0.6 is 15.9 Å². The molecule has 2 unspecified atom stereocenters. The van der Waals surface area contributed by atoms with E-state index in [4.69, 9.17) is 4.74 Å². The lowest BCUT2D eigenvalue weighted by Gasteiger charge is -2.07. The summed E-state index contributed by atoms with van der Waals surface area (Å²) < 4.78 is 6.16. The van der Waals surface area contributed by atoms with Crippen molar-refractivity contribution in [1.29, 1.82) is 0 Å². The maximum absolute atomic E-state index is 12.3. The van der Waals surface area contributed by atoms with Crippen molar-refractivity contribution >= 4 is 21.8 Å². The molecule has 0 heterocycles. The second-order valence-corrected chi connectivity index (χ2v) is 6.88. The molecule has 0 aliphatic heterocycles. The molecule has 2 aromatic carbocycles. The van der Waals surface area contributed by atoms with Crippen molar-refractivity contribution in [3.8, 4) is 0 Å². The average Bonchev–Trinajstić information content (AvgIpc) is 3.36. The number of rotatable bonds is 6. The van der Waals surface area contributed by atoms with Crippen LogP contribution in [0, 0.1) is 5.92 Å². The van der Waals surface area contributed by atoms with Crippen LogP contribution < -0.4 is 5.32 Å². The maximum Gasteiger partial charge on any atom is 0.224 e. The molecular formula is C19H20BrNO2. The molecular weight excluding hydrogens is 354 g/mol. The Morgan fingerprint density at radius 2 is 1.78 bits per heavy atom. The Balaban J connectivity index is 1.49. The van der Waals surface area contributed by atoms with Gasteiger partial charge < -0.3 is 10.1 Å². The van der Waals surface area contributed by atoms with E-state index in [2.05, 4.69) is 33.4 Å². The lowest BCUT2D eigenvalue weighted by Crippen LogP contribution is -2.24. The third-order valence-electron chi connectivity index (χ3n) is 4.23. The smallest absolute Gasteiger partial charge is 0.224 e. The summed E-state index contributed by atoms with van der Waals surface area (Å²) in [5.74, 6) is 0.634. The Bertz CT molecular complexity index is 667. The molecule has 0 radical (unpaired) electrons. The molecule has 0 bridgehead atoms. The van der Waals surface area contributed by atoms with Crippen LogP contribution in [0.25, 0.3) is 0 Å². The highest BCUT2D eigenvalue weighted by Gasteiger charge is 2.43. The van der Waals surface area contributed by atoms with Crippen molar-refractivity contribution in [3.05, 3.63) is 69.7 Å². The molecule has 1 fully saturated rings. The normalized spacial score (nSPS) is 19.4. The summed E-state index contributed by atoms with van der Waals surface area (Å²) >= 11 is 3.44. The zero-order valence-corrected chi connectivity index (χ0v) is 14.7. The summed E-state index contributed by atoms with van der Waals surface area (Å²) in [7, 11) is 1.69. The number of hydrogen-bond donors (Lipinski definition) is 1. The molecule has 2 aromatic rings. The molecule has 3 rings (SSSR count). The fourth-order valence-electron chi connectivity index (χ4n) is 2.80. The van der Waals surface area contributed by atoms with E-state index < -0.39 is 0 Å². The number of carbonyl (C=O) groups is 1. The van der Waals surface area contributed by atoms with E-state index >= 15 is 0 Å². The van der Waals surface area contributed by atoms with E-state index in [9.17, 15) is 4.79 Å². The molecule has 0 spiro atoms. The van der Waals surface area contributed by atoms with E-state index in [0.717, 1.165) is 22.0 Å². The van der Waals surface area contributed by atoms with E-state index in [0.29, 0.717) is 19.1 Å². The lowest BCUT2D eigenvalue weighted by molar-refractivity contribution is -0.122. The SMILES string of the molecule is COCc1ccc(CNC(=O)C2CC2c2ccc(Br)cc2)cc1. The highest BCUT2D eigenvalue weighted by molar-refractivity contribution is 9.10. The van der Waals surface area contributed by atoms with Crippen LogP contribution in [0.2, 0.25) is 0 Å². The van der Waals surface area contributed by atoms with Crippen LogP contribution in [0.5, 0.6) is 0 Å². The van der Waals surface area contributed by atoms with Crippen molar-refractivity contribution in [1.82, 2.24) is 5.32 Å². The summed E-state index contributed by atoms with van der Waals surface area (Å²) in [4.78, 5) is 12.3. The van der Waals surface area contributed by atoms with Gasteiger partial charge in [0.2, 0.25) is 5.91 Å². The second-order valence-electron chi connectivity index (χ2n) is 5.97. The van der Waals surface area contributed by atoms with Crippen LogP contribution in [-0.2, 0) is 22.7 Å². The van der Waals surface area contributed by atoms with Crippen molar-refractivity contribution in [3.63, 3.8) is 0 Å². The van der Waals surface area contributed by atoms with Crippen molar-refractivity contribution in [2.24, 2.45) is 5.92 Å². The summed E-state index contributed by atoms with van der Waals surface area (Å²) in [5, 5.41) is 3.04. The zero-order valence-electron chi connectivity index (χ0n) is 13.1. The van der Waals surface area contributed by atoms with Crippen molar-refractivity contribution in [2.45, 2.75) is 25.5 Å². The van der Waals surface area contributed by atoms with Gasteiger partial charge in [-0.25, -0.2) is 0 Å². The van der Waals surface area contributed by atoms with Crippen LogP contribution in [-0.4, -0.2) is 13.0 Å². The Hall–Kier alpha value is -1.65. The molecule has 1 aliphatic carbocycles. The van der Waals surface area contributed by atoms with Gasteiger partial charge in [0.1, 0.15) is 0 Å². The number of halogens is 1. The first kappa shape index (κ1) is 16.2. The molecule has 1 saturated carbocycles. The molecule has 2 atom stereocenters. The number of hydrogen-bond acceptors (Lipinski definition) is 2. The number of ether oxygens (including phenoxy) is 1. The first-order chi connectivity index (χ1) is 11.2. The Labute approximate surface area is 145 Å². The van der Waals surface area contributed by atoms with Gasteiger partial charge in [-0.2, -0.15) is 0 Å². The predicted octanol–water partition coefficient (Wildman–Crippen LogP) is 4.02.